The second kappa shape index (κ2) is 17.5. The Hall–Kier alpha value is -4.64. The third kappa shape index (κ3) is 7.84. The van der Waals surface area contributed by atoms with Crippen molar-refractivity contribution in [3.8, 4) is 35.6 Å². The first-order chi connectivity index (χ1) is 21.4. The number of hydrogen-bond acceptors (Lipinski definition) is 7. The number of rotatable bonds is 11. The van der Waals surface area contributed by atoms with E-state index >= 15 is 0 Å². The van der Waals surface area contributed by atoms with Crippen LogP contribution in [0.2, 0.25) is 0 Å². The molecule has 8 nitrogen and oxygen atoms in total. The number of allylic oxidation sites excluding steroid dienone is 1. The fourth-order valence-electron chi connectivity index (χ4n) is 5.55. The van der Waals surface area contributed by atoms with Gasteiger partial charge < -0.3 is 28.6 Å². The zero-order valence-electron chi connectivity index (χ0n) is 27.0. The third-order valence-corrected chi connectivity index (χ3v) is 7.42. The van der Waals surface area contributed by atoms with Gasteiger partial charge in [-0.05, 0) is 67.2 Å². The fraction of sp³-hybridized carbons (Fsp3) is 0.389. The molecular formula is C36H45NO7. The van der Waals surface area contributed by atoms with Crippen LogP contribution in [-0.2, 0) is 51.3 Å². The second-order valence-corrected chi connectivity index (χ2v) is 9.58. The molecule has 2 heterocycles. The molecule has 44 heavy (non-hydrogen) atoms. The topological polar surface area (TPSA) is 96.2 Å². The minimum absolute atomic E-state index is 0.0717. The van der Waals surface area contributed by atoms with Crippen LogP contribution in [0.25, 0.3) is 17.0 Å². The van der Waals surface area contributed by atoms with E-state index in [1.165, 1.54) is 7.11 Å². The number of terminal acetylenes is 1. The predicted octanol–water partition coefficient (Wildman–Crippen LogP) is 6.72. The highest BCUT2D eigenvalue weighted by Crippen LogP contribution is 2.44. The molecule has 1 aliphatic rings. The highest BCUT2D eigenvalue weighted by molar-refractivity contribution is 5.82. The summed E-state index contributed by atoms with van der Waals surface area (Å²) < 4.78 is 23.8. The molecule has 0 spiro atoms. The molecule has 0 aliphatic carbocycles. The van der Waals surface area contributed by atoms with E-state index in [0.717, 1.165) is 51.2 Å². The maximum atomic E-state index is 13.0. The Morgan fingerprint density at radius 1 is 1.00 bits per heavy atom. The first-order valence-corrected chi connectivity index (χ1v) is 14.8. The largest absolute Gasteiger partial charge is 0.508 e. The van der Waals surface area contributed by atoms with Crippen LogP contribution in [0, 0.1) is 12.8 Å². The number of carbonyl (C=O) groups excluding carboxylic acids is 2. The van der Waals surface area contributed by atoms with Crippen LogP contribution in [0.4, 0.5) is 0 Å². The van der Waals surface area contributed by atoms with Gasteiger partial charge in [-0.15, -0.1) is 12.8 Å². The number of fused-ring (bicyclic) bond motifs is 3. The number of aliphatic hydroxyl groups excluding tert-OH is 1. The summed E-state index contributed by atoms with van der Waals surface area (Å²) in [5.74, 6) is 0.802. The van der Waals surface area contributed by atoms with Gasteiger partial charge in [0.05, 0.1) is 46.5 Å². The van der Waals surface area contributed by atoms with Crippen molar-refractivity contribution in [1.82, 2.24) is 4.57 Å². The smallest absolute Gasteiger partial charge is 0.310 e. The quantitative estimate of drug-likeness (QED) is 0.148. The number of methoxy groups -OCH3 is 3. The number of esters is 2. The number of aryl methyl sites for hydroxylation is 1. The zero-order chi connectivity index (χ0) is 32.8. The first-order valence-electron chi connectivity index (χ1n) is 14.8. The van der Waals surface area contributed by atoms with E-state index in [2.05, 4.69) is 17.4 Å². The van der Waals surface area contributed by atoms with Gasteiger partial charge in [-0.1, -0.05) is 38.1 Å². The SMILES string of the molecule is C#C.C/C=C(/O)c1ccccc1Cc1c(CC(=O)OCC)c2n(c1CCC(=O)OC)CCc1cc(OC)c(OC)cc1-2.CC. The molecule has 0 saturated carbocycles. The number of ether oxygens (including phenoxy) is 4. The normalized spacial score (nSPS) is 11.4. The molecule has 1 aliphatic heterocycles. The van der Waals surface area contributed by atoms with Crippen molar-refractivity contribution < 1.29 is 33.6 Å². The Labute approximate surface area is 261 Å². The number of aliphatic hydroxyl groups is 1. The summed E-state index contributed by atoms with van der Waals surface area (Å²) in [6.45, 7) is 8.53. The van der Waals surface area contributed by atoms with E-state index in [0.29, 0.717) is 30.9 Å². The Kier molecular flexibility index (Phi) is 14.1. The van der Waals surface area contributed by atoms with E-state index in [-0.39, 0.29) is 37.1 Å². The molecule has 0 amide bonds. The molecule has 0 fully saturated rings. The molecule has 3 aromatic rings. The molecule has 0 saturated heterocycles. The zero-order valence-corrected chi connectivity index (χ0v) is 27.0. The number of carbonyl (C=O) groups is 2. The summed E-state index contributed by atoms with van der Waals surface area (Å²) in [5.41, 5.74) is 7.36. The van der Waals surface area contributed by atoms with Crippen molar-refractivity contribution in [3.63, 3.8) is 0 Å². The Balaban J connectivity index is 0.00000162. The Morgan fingerprint density at radius 3 is 2.27 bits per heavy atom. The van der Waals surface area contributed by atoms with Crippen LogP contribution in [0.15, 0.2) is 42.5 Å². The maximum Gasteiger partial charge on any atom is 0.310 e. The van der Waals surface area contributed by atoms with Crippen LogP contribution in [0.1, 0.15) is 67.6 Å². The molecule has 0 radical (unpaired) electrons. The van der Waals surface area contributed by atoms with Gasteiger partial charge in [-0.3, -0.25) is 9.59 Å². The maximum absolute atomic E-state index is 13.0. The standard InChI is InChI=1S/C32H37NO7.C2H6.C2H2/c1-6-27(34)22-11-9-8-10-20(22)16-24-25(19-31(36)40-7-2)32-23-18-29(38-4)28(37-3)17-21(23)14-15-33(32)26(24)12-13-30(35)39-5;2*1-2/h6,8-11,17-18,34H,7,12-16,19H2,1-5H3;1-2H3;1-2H/b27-6+;;. The van der Waals surface area contributed by atoms with E-state index < -0.39 is 0 Å². The van der Waals surface area contributed by atoms with Crippen molar-refractivity contribution in [2.45, 2.75) is 66.3 Å². The lowest BCUT2D eigenvalue weighted by atomic mass is 9.90. The van der Waals surface area contributed by atoms with Crippen molar-refractivity contribution in [1.29, 1.82) is 0 Å². The number of hydrogen-bond donors (Lipinski definition) is 1. The number of nitrogens with zero attached hydrogens (tertiary/aromatic N) is 1. The summed E-state index contributed by atoms with van der Waals surface area (Å²) in [4.78, 5) is 25.2. The van der Waals surface area contributed by atoms with E-state index in [4.69, 9.17) is 18.9 Å². The average Bonchev–Trinajstić information content (AvgIpc) is 3.36. The molecule has 0 bridgehead atoms. The van der Waals surface area contributed by atoms with Gasteiger partial charge in [0.15, 0.2) is 11.5 Å². The molecule has 0 unspecified atom stereocenters. The average molecular weight is 604 g/mol. The lowest BCUT2D eigenvalue weighted by Gasteiger charge is -2.24. The lowest BCUT2D eigenvalue weighted by molar-refractivity contribution is -0.142. The lowest BCUT2D eigenvalue weighted by Crippen LogP contribution is -2.16. The van der Waals surface area contributed by atoms with Crippen LogP contribution in [0.3, 0.4) is 0 Å². The van der Waals surface area contributed by atoms with Crippen LogP contribution < -0.4 is 9.47 Å². The third-order valence-electron chi connectivity index (χ3n) is 7.42. The molecule has 8 heteroatoms. The molecule has 236 valence electrons. The highest BCUT2D eigenvalue weighted by Gasteiger charge is 2.31. The minimum Gasteiger partial charge on any atom is -0.508 e. The monoisotopic (exact) mass is 603 g/mol. The van der Waals surface area contributed by atoms with Crippen molar-refractivity contribution in [2.75, 3.05) is 27.9 Å². The molecule has 0 atom stereocenters. The van der Waals surface area contributed by atoms with Gasteiger partial charge in [-0.2, -0.15) is 0 Å². The molecule has 1 N–H and O–H groups in total. The van der Waals surface area contributed by atoms with E-state index in [1.807, 2.05) is 50.2 Å². The Bertz CT molecular complexity index is 1480. The summed E-state index contributed by atoms with van der Waals surface area (Å²) in [6.07, 6.45) is 11.6. The number of benzene rings is 2. The summed E-state index contributed by atoms with van der Waals surface area (Å²) in [6, 6.07) is 11.6. The molecule has 4 rings (SSSR count). The van der Waals surface area contributed by atoms with Gasteiger partial charge in [0, 0.05) is 29.8 Å². The van der Waals surface area contributed by atoms with E-state index in [1.54, 1.807) is 34.1 Å². The van der Waals surface area contributed by atoms with E-state index in [9.17, 15) is 14.7 Å². The summed E-state index contributed by atoms with van der Waals surface area (Å²) in [7, 11) is 4.60. The van der Waals surface area contributed by atoms with Gasteiger partial charge in [0.1, 0.15) is 5.76 Å². The summed E-state index contributed by atoms with van der Waals surface area (Å²) >= 11 is 0. The first kappa shape index (κ1) is 35.6. The molecular weight excluding hydrogens is 558 g/mol. The van der Waals surface area contributed by atoms with Crippen LogP contribution in [0.5, 0.6) is 11.5 Å². The van der Waals surface area contributed by atoms with Crippen molar-refractivity contribution in [3.05, 3.63) is 76.0 Å². The predicted molar refractivity (Wildman–Crippen MR) is 174 cm³/mol. The summed E-state index contributed by atoms with van der Waals surface area (Å²) in [5, 5.41) is 10.6. The van der Waals surface area contributed by atoms with Gasteiger partial charge >= 0.3 is 11.9 Å². The fourth-order valence-corrected chi connectivity index (χ4v) is 5.55. The van der Waals surface area contributed by atoms with Gasteiger partial charge in [-0.25, -0.2) is 0 Å². The highest BCUT2D eigenvalue weighted by atomic mass is 16.5. The second-order valence-electron chi connectivity index (χ2n) is 9.58. The molecule has 2 aromatic carbocycles. The van der Waals surface area contributed by atoms with Gasteiger partial charge in [0.2, 0.25) is 0 Å². The van der Waals surface area contributed by atoms with Gasteiger partial charge in [0.25, 0.3) is 0 Å². The van der Waals surface area contributed by atoms with Crippen molar-refractivity contribution >= 4 is 17.7 Å². The minimum atomic E-state index is -0.325. The van der Waals surface area contributed by atoms with Crippen LogP contribution >= 0.6 is 0 Å². The molecule has 1 aromatic heterocycles. The Morgan fingerprint density at radius 2 is 1.66 bits per heavy atom. The number of aromatic nitrogens is 1. The van der Waals surface area contributed by atoms with Crippen molar-refractivity contribution in [2.24, 2.45) is 0 Å². The van der Waals surface area contributed by atoms with Crippen LogP contribution in [-0.4, -0.2) is 49.5 Å².